The lowest BCUT2D eigenvalue weighted by molar-refractivity contribution is -0.148. The number of esters is 1. The van der Waals surface area contributed by atoms with Gasteiger partial charge in [-0.15, -0.1) is 0 Å². The van der Waals surface area contributed by atoms with Crippen LogP contribution in [0.3, 0.4) is 0 Å². The van der Waals surface area contributed by atoms with Gasteiger partial charge in [0.2, 0.25) is 5.91 Å². The van der Waals surface area contributed by atoms with Gasteiger partial charge in [0.1, 0.15) is 6.10 Å². The molecule has 6 heteroatoms. The van der Waals surface area contributed by atoms with Crippen LogP contribution in [0.25, 0.3) is 0 Å². The first-order valence-corrected chi connectivity index (χ1v) is 21.9. The van der Waals surface area contributed by atoms with Crippen LogP contribution in [-0.2, 0) is 14.3 Å². The van der Waals surface area contributed by atoms with Gasteiger partial charge in [-0.05, 0) is 51.0 Å². The first kappa shape index (κ1) is 51.0. The SMILES string of the molecule is CC/C=C/C=C/C=C\C=C/C=C/CCCC(=O)OC(/C=C/C/C=C\CCCCCCCC)CC(=O)NC(CO)C(O)CCCCCCCCCCCCC. The maximum Gasteiger partial charge on any atom is 0.306 e. The van der Waals surface area contributed by atoms with Crippen molar-refractivity contribution < 1.29 is 24.5 Å². The molecule has 54 heavy (non-hydrogen) atoms. The third kappa shape index (κ3) is 36.0. The molecule has 3 atom stereocenters. The smallest absolute Gasteiger partial charge is 0.306 e. The number of aliphatic hydroxyl groups excluding tert-OH is 2. The Kier molecular flexibility index (Phi) is 38.9. The van der Waals surface area contributed by atoms with Crippen LogP contribution in [0.5, 0.6) is 0 Å². The van der Waals surface area contributed by atoms with Crippen molar-refractivity contribution in [3.63, 3.8) is 0 Å². The monoisotopic (exact) mass is 752 g/mol. The van der Waals surface area contributed by atoms with Gasteiger partial charge in [-0.3, -0.25) is 9.59 Å². The fraction of sp³-hybridized carbons (Fsp3) is 0.667. The lowest BCUT2D eigenvalue weighted by Gasteiger charge is -2.23. The Morgan fingerprint density at radius 3 is 1.69 bits per heavy atom. The number of unbranched alkanes of at least 4 members (excludes halogenated alkanes) is 17. The highest BCUT2D eigenvalue weighted by molar-refractivity contribution is 5.78. The van der Waals surface area contributed by atoms with E-state index in [-0.39, 0.29) is 31.3 Å². The van der Waals surface area contributed by atoms with E-state index in [1.54, 1.807) is 6.08 Å². The van der Waals surface area contributed by atoms with Gasteiger partial charge in [0.15, 0.2) is 0 Å². The molecule has 0 bridgehead atoms. The molecule has 0 saturated heterocycles. The molecule has 0 radical (unpaired) electrons. The quantitative estimate of drug-likeness (QED) is 0.0254. The molecule has 3 unspecified atom stereocenters. The summed E-state index contributed by atoms with van der Waals surface area (Å²) < 4.78 is 5.75. The minimum atomic E-state index is -0.824. The van der Waals surface area contributed by atoms with Gasteiger partial charge >= 0.3 is 5.97 Å². The lowest BCUT2D eigenvalue weighted by Crippen LogP contribution is -2.46. The first-order valence-electron chi connectivity index (χ1n) is 21.9. The van der Waals surface area contributed by atoms with E-state index >= 15 is 0 Å². The Hall–Kier alpha value is -2.96. The Morgan fingerprint density at radius 1 is 0.593 bits per heavy atom. The molecule has 0 rings (SSSR count). The third-order valence-electron chi connectivity index (χ3n) is 9.33. The number of carbonyl (C=O) groups is 2. The van der Waals surface area contributed by atoms with Crippen molar-refractivity contribution in [2.24, 2.45) is 0 Å². The van der Waals surface area contributed by atoms with Gasteiger partial charge in [0.25, 0.3) is 0 Å². The van der Waals surface area contributed by atoms with Gasteiger partial charge in [-0.2, -0.15) is 0 Å². The van der Waals surface area contributed by atoms with Crippen molar-refractivity contribution in [3.8, 4) is 0 Å². The molecule has 0 aliphatic carbocycles. The molecule has 0 aromatic heterocycles. The van der Waals surface area contributed by atoms with Gasteiger partial charge in [-0.25, -0.2) is 0 Å². The molecule has 0 saturated carbocycles. The second-order valence-electron chi connectivity index (χ2n) is 14.5. The van der Waals surface area contributed by atoms with E-state index in [0.29, 0.717) is 19.3 Å². The maximum absolute atomic E-state index is 13.1. The Labute approximate surface area is 332 Å². The zero-order chi connectivity index (χ0) is 39.6. The van der Waals surface area contributed by atoms with Crippen molar-refractivity contribution in [2.75, 3.05) is 6.61 Å². The van der Waals surface area contributed by atoms with E-state index in [0.717, 1.165) is 38.5 Å². The van der Waals surface area contributed by atoms with E-state index in [1.165, 1.54) is 89.9 Å². The highest BCUT2D eigenvalue weighted by Crippen LogP contribution is 2.14. The number of hydrogen-bond donors (Lipinski definition) is 3. The molecule has 308 valence electrons. The second kappa shape index (κ2) is 41.2. The van der Waals surface area contributed by atoms with Crippen LogP contribution in [0, 0.1) is 0 Å². The Morgan fingerprint density at radius 2 is 1.11 bits per heavy atom. The van der Waals surface area contributed by atoms with Crippen LogP contribution in [0.15, 0.2) is 85.1 Å². The normalized spacial score (nSPS) is 14.2. The summed E-state index contributed by atoms with van der Waals surface area (Å²) in [6, 6.07) is -0.749. The number of nitrogens with one attached hydrogen (secondary N) is 1. The van der Waals surface area contributed by atoms with Crippen molar-refractivity contribution in [3.05, 3.63) is 85.1 Å². The number of rotatable bonds is 37. The minimum absolute atomic E-state index is 0.0618. The van der Waals surface area contributed by atoms with Crippen LogP contribution in [0.4, 0.5) is 0 Å². The van der Waals surface area contributed by atoms with Gasteiger partial charge < -0.3 is 20.3 Å². The number of hydrogen-bond acceptors (Lipinski definition) is 5. The van der Waals surface area contributed by atoms with Gasteiger partial charge in [-0.1, -0.05) is 202 Å². The summed E-state index contributed by atoms with van der Waals surface area (Å²) >= 11 is 0. The number of carbonyl (C=O) groups excluding carboxylic acids is 2. The molecular formula is C48H81NO5. The standard InChI is InChI=1S/C48H81NO5/c1-4-7-10-13-16-19-22-23-26-29-32-35-38-41-48(53)54-44(39-36-33-30-27-24-20-17-14-11-8-5-2)42-47(52)49-45(43-50)46(51)40-37-34-31-28-25-21-18-15-12-9-6-3/h7,10,13,16,19,22-23,26-27,29-30,32,36,39,44-46,50-51H,4-6,8-9,11-12,14-15,17-18,20-21,24-25,28,31,33-35,37-38,40-43H2,1-3H3,(H,49,52)/b10-7+,16-13+,22-19-,26-23-,30-27-,32-29+,39-36+. The molecular weight excluding hydrogens is 671 g/mol. The van der Waals surface area contributed by atoms with Gasteiger partial charge in [0, 0.05) is 6.42 Å². The van der Waals surface area contributed by atoms with E-state index in [4.69, 9.17) is 4.74 Å². The van der Waals surface area contributed by atoms with E-state index < -0.39 is 18.2 Å². The zero-order valence-corrected chi connectivity index (χ0v) is 34.8. The Balaban J connectivity index is 4.84. The second-order valence-corrected chi connectivity index (χ2v) is 14.5. The summed E-state index contributed by atoms with van der Waals surface area (Å²) in [7, 11) is 0. The molecule has 0 aliphatic rings. The Bertz CT molecular complexity index is 1070. The largest absolute Gasteiger partial charge is 0.458 e. The molecule has 0 aromatic carbocycles. The molecule has 0 aromatic rings. The van der Waals surface area contributed by atoms with Crippen molar-refractivity contribution >= 4 is 11.9 Å². The molecule has 1 amide bonds. The van der Waals surface area contributed by atoms with Gasteiger partial charge in [0.05, 0.1) is 25.2 Å². The highest BCUT2D eigenvalue weighted by Gasteiger charge is 2.23. The minimum Gasteiger partial charge on any atom is -0.458 e. The topological polar surface area (TPSA) is 95.9 Å². The number of aliphatic hydroxyl groups is 2. The predicted molar refractivity (Wildman–Crippen MR) is 231 cm³/mol. The summed E-state index contributed by atoms with van der Waals surface area (Å²) in [5, 5.41) is 23.5. The lowest BCUT2D eigenvalue weighted by atomic mass is 10.0. The summed E-state index contributed by atoms with van der Waals surface area (Å²) in [6.45, 7) is 6.24. The van der Waals surface area contributed by atoms with E-state index in [9.17, 15) is 19.8 Å². The average molecular weight is 752 g/mol. The number of allylic oxidation sites excluding steroid dienone is 13. The predicted octanol–water partition coefficient (Wildman–Crippen LogP) is 12.4. The third-order valence-corrected chi connectivity index (χ3v) is 9.33. The average Bonchev–Trinajstić information content (AvgIpc) is 3.16. The molecule has 0 fully saturated rings. The highest BCUT2D eigenvalue weighted by atomic mass is 16.5. The molecule has 3 N–H and O–H groups in total. The zero-order valence-electron chi connectivity index (χ0n) is 34.8. The molecule has 0 heterocycles. The van der Waals surface area contributed by atoms with Crippen molar-refractivity contribution in [1.82, 2.24) is 5.32 Å². The summed E-state index contributed by atoms with van der Waals surface area (Å²) in [5.41, 5.74) is 0. The summed E-state index contributed by atoms with van der Waals surface area (Å²) in [4.78, 5) is 25.8. The van der Waals surface area contributed by atoms with E-state index in [2.05, 4.69) is 44.3 Å². The summed E-state index contributed by atoms with van der Waals surface area (Å²) in [6.07, 6.45) is 52.5. The summed E-state index contributed by atoms with van der Waals surface area (Å²) in [5.74, 6) is -0.702. The van der Waals surface area contributed by atoms with Crippen LogP contribution in [0.2, 0.25) is 0 Å². The number of amides is 1. The molecule has 0 aliphatic heterocycles. The molecule has 0 spiro atoms. The van der Waals surface area contributed by atoms with Crippen LogP contribution in [-0.4, -0.2) is 46.9 Å². The van der Waals surface area contributed by atoms with Crippen LogP contribution < -0.4 is 5.32 Å². The van der Waals surface area contributed by atoms with Crippen molar-refractivity contribution in [1.29, 1.82) is 0 Å². The fourth-order valence-corrected chi connectivity index (χ4v) is 6.01. The number of ether oxygens (including phenoxy) is 1. The maximum atomic E-state index is 13.1. The van der Waals surface area contributed by atoms with E-state index in [1.807, 2.05) is 60.8 Å². The molecule has 6 nitrogen and oxygen atoms in total. The van der Waals surface area contributed by atoms with Crippen molar-refractivity contribution in [2.45, 2.75) is 200 Å². The van der Waals surface area contributed by atoms with Crippen LogP contribution >= 0.6 is 0 Å². The van der Waals surface area contributed by atoms with Crippen LogP contribution in [0.1, 0.15) is 181 Å². The first-order chi connectivity index (χ1) is 26.5. The fourth-order valence-electron chi connectivity index (χ4n) is 6.01.